The normalized spacial score (nSPS) is 11.8. The van der Waals surface area contributed by atoms with Crippen LogP contribution >= 0.6 is 0 Å². The van der Waals surface area contributed by atoms with Gasteiger partial charge in [-0.15, -0.1) is 0 Å². The van der Waals surface area contributed by atoms with Crippen LogP contribution in [0, 0.1) is 0 Å². The fourth-order valence-electron chi connectivity index (χ4n) is 1.61. The molecule has 0 aliphatic carbocycles. The molecule has 88 valence electrons. The van der Waals surface area contributed by atoms with E-state index in [2.05, 4.69) is 50.3 Å². The molecule has 1 heteroatoms. The predicted molar refractivity (Wildman–Crippen MR) is 74.3 cm³/mol. The second kappa shape index (κ2) is 8.85. The third kappa shape index (κ3) is 5.73. The number of hydrogen-bond acceptors (Lipinski definition) is 0. The SMILES string of the molecule is CC/C=C(\CCCCC)[Te]c1ccccc1. The molecule has 1 aromatic rings. The fourth-order valence-corrected chi connectivity index (χ4v) is 4.73. The van der Waals surface area contributed by atoms with Gasteiger partial charge in [-0.25, -0.2) is 0 Å². The van der Waals surface area contributed by atoms with Crippen molar-refractivity contribution in [2.75, 3.05) is 0 Å². The monoisotopic (exact) mass is 332 g/mol. The molecule has 0 fully saturated rings. The molecule has 0 amide bonds. The maximum absolute atomic E-state index is 2.46. The molecule has 0 aromatic heterocycles. The van der Waals surface area contributed by atoms with Crippen molar-refractivity contribution in [2.45, 2.75) is 46.0 Å². The van der Waals surface area contributed by atoms with Gasteiger partial charge < -0.3 is 0 Å². The third-order valence-electron chi connectivity index (χ3n) is 2.45. The van der Waals surface area contributed by atoms with Gasteiger partial charge in [-0.2, -0.15) is 0 Å². The van der Waals surface area contributed by atoms with Crippen molar-refractivity contribution < 1.29 is 0 Å². The molecule has 0 heterocycles. The molecule has 0 atom stereocenters. The van der Waals surface area contributed by atoms with Crippen molar-refractivity contribution in [1.82, 2.24) is 0 Å². The number of benzene rings is 1. The first-order valence-corrected chi connectivity index (χ1v) is 8.61. The number of allylic oxidation sites excluding steroid dienone is 2. The molecule has 1 aromatic carbocycles. The van der Waals surface area contributed by atoms with Crippen LogP contribution < -0.4 is 3.61 Å². The van der Waals surface area contributed by atoms with Gasteiger partial charge in [0, 0.05) is 0 Å². The number of hydrogen-bond donors (Lipinski definition) is 0. The molecule has 0 nitrogen and oxygen atoms in total. The summed E-state index contributed by atoms with van der Waals surface area (Å²) < 4.78 is 3.32. The molecule has 0 bridgehead atoms. The molecule has 0 unspecified atom stereocenters. The summed E-state index contributed by atoms with van der Waals surface area (Å²) in [6, 6.07) is 11.0. The van der Waals surface area contributed by atoms with E-state index in [1.807, 2.05) is 0 Å². The Morgan fingerprint density at radius 2 is 1.88 bits per heavy atom. The van der Waals surface area contributed by atoms with Gasteiger partial charge >= 0.3 is 111 Å². The van der Waals surface area contributed by atoms with Crippen molar-refractivity contribution in [3.05, 3.63) is 40.0 Å². The molecular formula is C15H22Te. The number of rotatable bonds is 7. The van der Waals surface area contributed by atoms with Crippen LogP contribution in [0.4, 0.5) is 0 Å². The molecular weight excluding hydrogens is 308 g/mol. The van der Waals surface area contributed by atoms with Crippen LogP contribution in [-0.4, -0.2) is 20.9 Å². The standard InChI is InChI=1S/C15H22Te/c1-3-5-7-11-14(10-4-2)16-15-12-8-6-9-13-15/h6,8-10,12-13H,3-5,7,11H2,1-2H3/b14-10+. The van der Waals surface area contributed by atoms with E-state index < -0.39 is 0 Å². The molecule has 0 N–H and O–H groups in total. The van der Waals surface area contributed by atoms with Gasteiger partial charge in [0.25, 0.3) is 0 Å². The Labute approximate surface area is 110 Å². The molecule has 16 heavy (non-hydrogen) atoms. The Morgan fingerprint density at radius 3 is 2.50 bits per heavy atom. The van der Waals surface area contributed by atoms with E-state index in [1.54, 1.807) is 7.23 Å². The van der Waals surface area contributed by atoms with Crippen molar-refractivity contribution in [2.24, 2.45) is 0 Å². The summed E-state index contributed by atoms with van der Waals surface area (Å²) >= 11 is -0.0913. The van der Waals surface area contributed by atoms with Crippen LogP contribution in [0.3, 0.4) is 0 Å². The summed E-state index contributed by atoms with van der Waals surface area (Å²) in [5.41, 5.74) is 0. The van der Waals surface area contributed by atoms with E-state index in [0.717, 1.165) is 0 Å². The van der Waals surface area contributed by atoms with Gasteiger partial charge in [-0.05, 0) is 0 Å². The van der Waals surface area contributed by atoms with E-state index in [9.17, 15) is 0 Å². The Kier molecular flexibility index (Phi) is 7.64. The van der Waals surface area contributed by atoms with Gasteiger partial charge in [0.15, 0.2) is 0 Å². The number of unbranched alkanes of at least 4 members (excludes halogenated alkanes) is 2. The quantitative estimate of drug-likeness (QED) is 0.526. The van der Waals surface area contributed by atoms with Crippen LogP contribution in [0.1, 0.15) is 46.0 Å². The summed E-state index contributed by atoms with van der Waals surface area (Å²) in [6.45, 7) is 4.52. The summed E-state index contributed by atoms with van der Waals surface area (Å²) in [6.07, 6.45) is 9.07. The minimum atomic E-state index is -0.0913. The van der Waals surface area contributed by atoms with E-state index in [0.29, 0.717) is 0 Å². The molecule has 1 rings (SSSR count). The van der Waals surface area contributed by atoms with E-state index in [4.69, 9.17) is 0 Å². The maximum atomic E-state index is 2.46. The van der Waals surface area contributed by atoms with Gasteiger partial charge in [0.05, 0.1) is 0 Å². The van der Waals surface area contributed by atoms with E-state index >= 15 is 0 Å². The van der Waals surface area contributed by atoms with Crippen LogP contribution in [0.5, 0.6) is 0 Å². The van der Waals surface area contributed by atoms with Gasteiger partial charge in [0.1, 0.15) is 0 Å². The molecule has 0 aliphatic heterocycles. The first-order chi connectivity index (χ1) is 7.86. The predicted octanol–water partition coefficient (Wildman–Crippen LogP) is 3.89. The minimum absolute atomic E-state index is 0.0913. The molecule has 0 radical (unpaired) electrons. The zero-order valence-corrected chi connectivity index (χ0v) is 12.7. The second-order valence-corrected chi connectivity index (χ2v) is 7.38. The Balaban J connectivity index is 2.48. The Morgan fingerprint density at radius 1 is 1.12 bits per heavy atom. The van der Waals surface area contributed by atoms with Crippen LogP contribution in [0.2, 0.25) is 0 Å². The average molecular weight is 330 g/mol. The molecule has 0 spiro atoms. The zero-order chi connectivity index (χ0) is 11.6. The summed E-state index contributed by atoms with van der Waals surface area (Å²) in [4.78, 5) is 0. The van der Waals surface area contributed by atoms with Crippen molar-refractivity contribution >= 4 is 24.5 Å². The van der Waals surface area contributed by atoms with Crippen molar-refractivity contribution in [1.29, 1.82) is 0 Å². The first kappa shape index (κ1) is 13.8. The summed E-state index contributed by atoms with van der Waals surface area (Å²) in [7, 11) is 0. The molecule has 0 aliphatic rings. The fraction of sp³-hybridized carbons (Fsp3) is 0.467. The van der Waals surface area contributed by atoms with Crippen molar-refractivity contribution in [3.63, 3.8) is 0 Å². The topological polar surface area (TPSA) is 0 Å². The van der Waals surface area contributed by atoms with Gasteiger partial charge in [0.2, 0.25) is 0 Å². The Hall–Kier alpha value is -0.250. The summed E-state index contributed by atoms with van der Waals surface area (Å²) in [5.74, 6) is 0. The zero-order valence-electron chi connectivity index (χ0n) is 10.4. The first-order valence-electron chi connectivity index (χ1n) is 6.28. The third-order valence-corrected chi connectivity index (χ3v) is 5.71. The second-order valence-electron chi connectivity index (χ2n) is 3.95. The Bertz CT molecular complexity index is 300. The molecule has 0 saturated carbocycles. The van der Waals surface area contributed by atoms with E-state index in [-0.39, 0.29) is 20.9 Å². The van der Waals surface area contributed by atoms with Gasteiger partial charge in [-0.3, -0.25) is 0 Å². The molecule has 0 saturated heterocycles. The van der Waals surface area contributed by atoms with Crippen LogP contribution in [-0.2, 0) is 0 Å². The summed E-state index contributed by atoms with van der Waals surface area (Å²) in [5, 5.41) is 0. The van der Waals surface area contributed by atoms with Crippen LogP contribution in [0.15, 0.2) is 40.0 Å². The van der Waals surface area contributed by atoms with Gasteiger partial charge in [-0.1, -0.05) is 0 Å². The van der Waals surface area contributed by atoms with E-state index in [1.165, 1.54) is 32.1 Å². The van der Waals surface area contributed by atoms with Crippen LogP contribution in [0.25, 0.3) is 0 Å². The average Bonchev–Trinajstić information content (AvgIpc) is 2.31. The van der Waals surface area contributed by atoms with Crippen molar-refractivity contribution in [3.8, 4) is 0 Å².